The topological polar surface area (TPSA) is 35.5 Å². The Labute approximate surface area is 177 Å². The molecule has 0 aromatic heterocycles. The highest BCUT2D eigenvalue weighted by molar-refractivity contribution is 9.28. The average Bonchev–Trinajstić information content (AvgIpc) is 3.18. The van der Waals surface area contributed by atoms with Crippen LogP contribution < -0.4 is 4.74 Å². The van der Waals surface area contributed by atoms with E-state index in [1.54, 1.807) is 0 Å². The summed E-state index contributed by atoms with van der Waals surface area (Å²) >= 11 is 6.74. The first-order valence-electron chi connectivity index (χ1n) is 8.83. The summed E-state index contributed by atoms with van der Waals surface area (Å²) in [6.45, 7) is 4.93. The van der Waals surface area contributed by atoms with Gasteiger partial charge in [-0.05, 0) is 66.5 Å². The molecule has 0 spiro atoms. The second-order valence-electron chi connectivity index (χ2n) is 7.31. The van der Waals surface area contributed by atoms with Crippen molar-refractivity contribution < 1.29 is 14.3 Å². The molecule has 2 aromatic rings. The van der Waals surface area contributed by atoms with Crippen molar-refractivity contribution in [3.63, 3.8) is 0 Å². The minimum atomic E-state index is -0.155. The number of halogens is 2. The number of carbonyl (C=O) groups is 1. The van der Waals surface area contributed by atoms with Gasteiger partial charge in [-0.25, -0.2) is 0 Å². The standard InChI is InChI=1S/C22H22Br2O3/c1-22(2)18(12-19(23)24)20(22)21(25)27-14-16-9-6-10-17(11-16)26-13-15-7-4-3-5-8-15/h3-12,18,20H,13-14H2,1-2H3/t18-,20-/m0/s1. The van der Waals surface area contributed by atoms with Crippen LogP contribution >= 0.6 is 31.9 Å². The van der Waals surface area contributed by atoms with E-state index in [9.17, 15) is 4.79 Å². The largest absolute Gasteiger partial charge is 0.489 e. The van der Waals surface area contributed by atoms with Gasteiger partial charge in [0.15, 0.2) is 0 Å². The van der Waals surface area contributed by atoms with Crippen LogP contribution in [0, 0.1) is 17.3 Å². The molecule has 0 bridgehead atoms. The summed E-state index contributed by atoms with van der Waals surface area (Å²) in [5, 5.41) is 0. The van der Waals surface area contributed by atoms with Crippen LogP contribution in [0.1, 0.15) is 25.0 Å². The molecule has 0 N–H and O–H groups in total. The van der Waals surface area contributed by atoms with Gasteiger partial charge in [0, 0.05) is 0 Å². The van der Waals surface area contributed by atoms with Crippen molar-refractivity contribution >= 4 is 37.8 Å². The fourth-order valence-corrected chi connectivity index (χ4v) is 3.85. The Morgan fingerprint density at radius 1 is 1.04 bits per heavy atom. The van der Waals surface area contributed by atoms with Crippen molar-refractivity contribution in [2.45, 2.75) is 27.1 Å². The van der Waals surface area contributed by atoms with Gasteiger partial charge in [0.05, 0.1) is 9.31 Å². The fourth-order valence-electron chi connectivity index (χ4n) is 3.28. The van der Waals surface area contributed by atoms with E-state index in [4.69, 9.17) is 9.47 Å². The predicted octanol–water partition coefficient (Wildman–Crippen LogP) is 6.21. The molecular weight excluding hydrogens is 472 g/mol. The van der Waals surface area contributed by atoms with Gasteiger partial charge in [0.2, 0.25) is 0 Å². The molecule has 5 heteroatoms. The third-order valence-electron chi connectivity index (χ3n) is 5.00. The van der Waals surface area contributed by atoms with Crippen molar-refractivity contribution in [2.24, 2.45) is 17.3 Å². The zero-order valence-corrected chi connectivity index (χ0v) is 18.5. The predicted molar refractivity (Wildman–Crippen MR) is 114 cm³/mol. The van der Waals surface area contributed by atoms with E-state index in [-0.39, 0.29) is 29.8 Å². The van der Waals surface area contributed by atoms with E-state index in [1.807, 2.05) is 60.7 Å². The number of esters is 1. The molecule has 3 nitrogen and oxygen atoms in total. The van der Waals surface area contributed by atoms with Gasteiger partial charge in [-0.1, -0.05) is 62.4 Å². The highest BCUT2D eigenvalue weighted by atomic mass is 79.9. The highest BCUT2D eigenvalue weighted by Crippen LogP contribution is 2.60. The lowest BCUT2D eigenvalue weighted by Crippen LogP contribution is -2.10. The molecule has 0 aliphatic heterocycles. The molecule has 3 rings (SSSR count). The number of hydrogen-bond acceptors (Lipinski definition) is 3. The van der Waals surface area contributed by atoms with Gasteiger partial charge in [-0.15, -0.1) is 0 Å². The average molecular weight is 494 g/mol. The molecule has 1 aliphatic rings. The Bertz CT molecular complexity index is 826. The number of hydrogen-bond donors (Lipinski definition) is 0. The van der Waals surface area contributed by atoms with Gasteiger partial charge >= 0.3 is 5.97 Å². The molecule has 2 aromatic carbocycles. The van der Waals surface area contributed by atoms with Crippen molar-refractivity contribution in [2.75, 3.05) is 0 Å². The maximum atomic E-state index is 12.5. The molecule has 0 amide bonds. The lowest BCUT2D eigenvalue weighted by Gasteiger charge is -2.09. The zero-order valence-electron chi connectivity index (χ0n) is 15.3. The third kappa shape index (κ3) is 5.23. The van der Waals surface area contributed by atoms with Crippen molar-refractivity contribution in [3.8, 4) is 5.75 Å². The van der Waals surface area contributed by atoms with Crippen molar-refractivity contribution in [1.29, 1.82) is 0 Å². The Hall–Kier alpha value is -1.59. The molecule has 0 saturated heterocycles. The molecule has 0 unspecified atom stereocenters. The van der Waals surface area contributed by atoms with Crippen LogP contribution in [0.4, 0.5) is 0 Å². The second-order valence-corrected chi connectivity index (χ2v) is 10.1. The summed E-state index contributed by atoms with van der Waals surface area (Å²) in [6.07, 6.45) is 2.02. The first-order chi connectivity index (χ1) is 12.9. The summed E-state index contributed by atoms with van der Waals surface area (Å²) in [5.74, 6) is 0.681. The maximum Gasteiger partial charge on any atom is 0.310 e. The monoisotopic (exact) mass is 492 g/mol. The van der Waals surface area contributed by atoms with Crippen LogP contribution in [0.5, 0.6) is 5.75 Å². The highest BCUT2D eigenvalue weighted by Gasteiger charge is 2.61. The summed E-state index contributed by atoms with van der Waals surface area (Å²) in [6, 6.07) is 17.7. The molecule has 1 fully saturated rings. The maximum absolute atomic E-state index is 12.5. The number of allylic oxidation sites excluding steroid dienone is 1. The molecule has 142 valence electrons. The second kappa shape index (κ2) is 8.61. The minimum absolute atomic E-state index is 0.0789. The van der Waals surface area contributed by atoms with Crippen molar-refractivity contribution in [1.82, 2.24) is 0 Å². The van der Waals surface area contributed by atoms with Crippen LogP contribution in [0.2, 0.25) is 0 Å². The fraction of sp³-hybridized carbons (Fsp3) is 0.318. The van der Waals surface area contributed by atoms with E-state index in [1.165, 1.54) is 0 Å². The van der Waals surface area contributed by atoms with E-state index in [2.05, 4.69) is 45.7 Å². The van der Waals surface area contributed by atoms with Crippen LogP contribution in [0.3, 0.4) is 0 Å². The zero-order chi connectivity index (χ0) is 19.4. The Balaban J connectivity index is 1.54. The molecule has 1 aliphatic carbocycles. The summed E-state index contributed by atoms with van der Waals surface area (Å²) in [4.78, 5) is 12.5. The Morgan fingerprint density at radius 3 is 2.44 bits per heavy atom. The molecule has 2 atom stereocenters. The molecular formula is C22H22Br2O3. The van der Waals surface area contributed by atoms with Crippen molar-refractivity contribution in [3.05, 3.63) is 75.2 Å². The van der Waals surface area contributed by atoms with Gasteiger partial charge in [0.25, 0.3) is 0 Å². The molecule has 0 radical (unpaired) electrons. The molecule has 1 saturated carbocycles. The van der Waals surface area contributed by atoms with Crippen LogP contribution in [0.15, 0.2) is 64.1 Å². The third-order valence-corrected chi connectivity index (χ3v) is 5.53. The first kappa shape index (κ1) is 20.2. The number of benzene rings is 2. The quantitative estimate of drug-likeness (QED) is 0.430. The van der Waals surface area contributed by atoms with Crippen LogP contribution in [-0.2, 0) is 22.7 Å². The smallest absolute Gasteiger partial charge is 0.310 e. The van der Waals surface area contributed by atoms with Crippen LogP contribution in [-0.4, -0.2) is 5.97 Å². The number of rotatable bonds is 7. The Kier molecular flexibility index (Phi) is 6.43. The van der Waals surface area contributed by atoms with E-state index in [0.717, 1.165) is 20.3 Å². The van der Waals surface area contributed by atoms with Crippen LogP contribution in [0.25, 0.3) is 0 Å². The van der Waals surface area contributed by atoms with Gasteiger partial charge < -0.3 is 9.47 Å². The minimum Gasteiger partial charge on any atom is -0.489 e. The SMILES string of the molecule is CC1(C)[C@H](C(=O)OCc2cccc(OCc3ccccc3)c2)[C@@H]1C=C(Br)Br. The van der Waals surface area contributed by atoms with E-state index in [0.29, 0.717) is 6.61 Å². The summed E-state index contributed by atoms with van der Waals surface area (Å²) in [5.41, 5.74) is 1.95. The summed E-state index contributed by atoms with van der Waals surface area (Å²) in [7, 11) is 0. The lowest BCUT2D eigenvalue weighted by molar-refractivity contribution is -0.147. The molecule has 27 heavy (non-hydrogen) atoms. The lowest BCUT2D eigenvalue weighted by atomic mass is 10.1. The van der Waals surface area contributed by atoms with Gasteiger partial charge in [-0.3, -0.25) is 4.79 Å². The number of carbonyl (C=O) groups excluding carboxylic acids is 1. The normalized spacial score (nSPS) is 19.9. The van der Waals surface area contributed by atoms with E-state index < -0.39 is 0 Å². The molecule has 0 heterocycles. The Morgan fingerprint density at radius 2 is 1.74 bits per heavy atom. The number of ether oxygens (including phenoxy) is 2. The van der Waals surface area contributed by atoms with Gasteiger partial charge in [-0.2, -0.15) is 0 Å². The van der Waals surface area contributed by atoms with Gasteiger partial charge in [0.1, 0.15) is 19.0 Å². The van der Waals surface area contributed by atoms with E-state index >= 15 is 0 Å². The summed E-state index contributed by atoms with van der Waals surface area (Å²) < 4.78 is 12.3. The first-order valence-corrected chi connectivity index (χ1v) is 10.4.